The van der Waals surface area contributed by atoms with E-state index in [1.807, 2.05) is 36.4 Å². The fraction of sp³-hybridized carbons (Fsp3) is 0.200. The molecule has 0 radical (unpaired) electrons. The van der Waals surface area contributed by atoms with Gasteiger partial charge in [-0.05, 0) is 39.9 Å². The molecule has 2 aliphatic rings. The van der Waals surface area contributed by atoms with E-state index in [1.165, 1.54) is 0 Å². The lowest BCUT2D eigenvalue weighted by molar-refractivity contribution is -0.139. The summed E-state index contributed by atoms with van der Waals surface area (Å²) in [7, 11) is 0. The van der Waals surface area contributed by atoms with E-state index in [4.69, 9.17) is 14.2 Å². The molecule has 3 aromatic carbocycles. The Balaban J connectivity index is 1.25. The minimum Gasteiger partial charge on any atom is -0.480 e. The first-order valence-electron chi connectivity index (χ1n) is 10.3. The Morgan fingerprint density at radius 1 is 0.969 bits per heavy atom. The van der Waals surface area contributed by atoms with E-state index < -0.39 is 18.1 Å². The molecule has 1 aliphatic carbocycles. The molecule has 1 aliphatic heterocycles. The second-order valence-electron chi connectivity index (χ2n) is 7.75. The molecule has 1 unspecified atom stereocenters. The molecule has 0 saturated carbocycles. The fourth-order valence-electron chi connectivity index (χ4n) is 4.29. The molecule has 0 bridgehead atoms. The average Bonchev–Trinajstić information content (AvgIpc) is 3.39. The minimum atomic E-state index is -1.14. The van der Waals surface area contributed by atoms with Crippen LogP contribution < -0.4 is 14.8 Å². The highest BCUT2D eigenvalue weighted by molar-refractivity contribution is 5.81. The van der Waals surface area contributed by atoms with Crippen molar-refractivity contribution in [2.24, 2.45) is 0 Å². The molecule has 1 atom stereocenters. The third-order valence-electron chi connectivity index (χ3n) is 5.81. The number of amides is 1. The smallest absolute Gasteiger partial charge is 0.407 e. The quantitative estimate of drug-likeness (QED) is 0.614. The summed E-state index contributed by atoms with van der Waals surface area (Å²) in [5.41, 5.74) is 5.15. The first-order chi connectivity index (χ1) is 15.6. The summed E-state index contributed by atoms with van der Waals surface area (Å²) in [5.74, 6) is -0.0561. The minimum absolute atomic E-state index is 0.0923. The van der Waals surface area contributed by atoms with Crippen molar-refractivity contribution < 1.29 is 28.9 Å². The Hall–Kier alpha value is -4.00. The first kappa shape index (κ1) is 19.9. The number of fused-ring (bicyclic) bond motifs is 4. The number of rotatable bonds is 6. The standard InChI is InChI=1S/C25H21NO6/c27-24(28)21(11-15-9-10-22-23(12-15)32-14-31-22)26-25(29)30-13-20-18-7-3-1-5-16(18)17-6-2-4-8-19(17)20/h1-10,12,20-21H,11,13-14H2,(H,26,29)(H,27,28). The molecule has 2 N–H and O–H groups in total. The van der Waals surface area contributed by atoms with Crippen molar-refractivity contribution >= 4 is 12.1 Å². The summed E-state index contributed by atoms with van der Waals surface area (Å²) in [6, 6.07) is 20.1. The second-order valence-corrected chi connectivity index (χ2v) is 7.75. The summed E-state index contributed by atoms with van der Waals surface area (Å²) in [6.45, 7) is 0.259. The van der Waals surface area contributed by atoms with Gasteiger partial charge >= 0.3 is 12.1 Å². The van der Waals surface area contributed by atoms with Crippen LogP contribution in [0, 0.1) is 0 Å². The number of ether oxygens (including phenoxy) is 3. The fourth-order valence-corrected chi connectivity index (χ4v) is 4.29. The van der Waals surface area contributed by atoms with Crippen LogP contribution in [0.15, 0.2) is 66.7 Å². The maximum Gasteiger partial charge on any atom is 0.407 e. The molecule has 32 heavy (non-hydrogen) atoms. The van der Waals surface area contributed by atoms with Crippen molar-refractivity contribution in [3.05, 3.63) is 83.4 Å². The molecule has 7 heteroatoms. The number of hydrogen-bond acceptors (Lipinski definition) is 5. The lowest BCUT2D eigenvalue weighted by atomic mass is 9.98. The topological polar surface area (TPSA) is 94.1 Å². The van der Waals surface area contributed by atoms with E-state index >= 15 is 0 Å². The van der Waals surface area contributed by atoms with Crippen molar-refractivity contribution in [3.8, 4) is 22.6 Å². The van der Waals surface area contributed by atoms with Crippen molar-refractivity contribution in [1.29, 1.82) is 0 Å². The number of carboxylic acid groups (broad SMARTS) is 1. The number of alkyl carbamates (subject to hydrolysis) is 1. The molecule has 1 amide bonds. The van der Waals surface area contributed by atoms with Crippen LogP contribution in [-0.2, 0) is 16.0 Å². The predicted molar refractivity (Wildman–Crippen MR) is 116 cm³/mol. The van der Waals surface area contributed by atoms with E-state index in [9.17, 15) is 14.7 Å². The molecular formula is C25H21NO6. The van der Waals surface area contributed by atoms with E-state index in [-0.39, 0.29) is 25.7 Å². The molecule has 0 spiro atoms. The SMILES string of the molecule is O=C(NC(Cc1ccc2c(c1)OCO2)C(=O)O)OCC1c2ccccc2-c2ccccc21. The van der Waals surface area contributed by atoms with Gasteiger partial charge in [-0.25, -0.2) is 9.59 Å². The highest BCUT2D eigenvalue weighted by Gasteiger charge is 2.30. The average molecular weight is 431 g/mol. The third kappa shape index (κ3) is 3.73. The van der Waals surface area contributed by atoms with Gasteiger partial charge in [-0.2, -0.15) is 0 Å². The van der Waals surface area contributed by atoms with E-state index in [2.05, 4.69) is 17.4 Å². The van der Waals surface area contributed by atoms with Gasteiger partial charge in [0, 0.05) is 12.3 Å². The number of benzene rings is 3. The predicted octanol–water partition coefficient (Wildman–Crippen LogP) is 3.95. The van der Waals surface area contributed by atoms with Crippen LogP contribution in [0.2, 0.25) is 0 Å². The summed E-state index contributed by atoms with van der Waals surface area (Å²) in [5, 5.41) is 12.1. The van der Waals surface area contributed by atoms with E-state index in [0.29, 0.717) is 17.1 Å². The largest absolute Gasteiger partial charge is 0.480 e. The highest BCUT2D eigenvalue weighted by atomic mass is 16.7. The zero-order valence-electron chi connectivity index (χ0n) is 17.1. The van der Waals surface area contributed by atoms with E-state index in [1.54, 1.807) is 18.2 Å². The van der Waals surface area contributed by atoms with Gasteiger partial charge in [0.2, 0.25) is 6.79 Å². The number of carbonyl (C=O) groups excluding carboxylic acids is 1. The number of carboxylic acids is 1. The molecule has 0 saturated heterocycles. The normalized spacial score (nSPS) is 14.4. The van der Waals surface area contributed by atoms with Gasteiger partial charge in [0.1, 0.15) is 12.6 Å². The summed E-state index contributed by atoms with van der Waals surface area (Å²) in [4.78, 5) is 24.2. The Morgan fingerprint density at radius 3 is 2.31 bits per heavy atom. The van der Waals surface area contributed by atoms with Gasteiger partial charge in [-0.1, -0.05) is 54.6 Å². The van der Waals surface area contributed by atoms with Gasteiger partial charge in [0.05, 0.1) is 0 Å². The maximum atomic E-state index is 12.5. The molecule has 0 aromatic heterocycles. The maximum absolute atomic E-state index is 12.5. The van der Waals surface area contributed by atoms with Crippen LogP contribution in [0.3, 0.4) is 0 Å². The summed E-state index contributed by atoms with van der Waals surface area (Å²) < 4.78 is 16.1. The lowest BCUT2D eigenvalue weighted by Crippen LogP contribution is -2.42. The van der Waals surface area contributed by atoms with E-state index in [0.717, 1.165) is 22.3 Å². The van der Waals surface area contributed by atoms with Gasteiger partial charge < -0.3 is 24.6 Å². The van der Waals surface area contributed by atoms with Gasteiger partial charge in [-0.15, -0.1) is 0 Å². The van der Waals surface area contributed by atoms with Crippen LogP contribution in [0.5, 0.6) is 11.5 Å². The van der Waals surface area contributed by atoms with Gasteiger partial charge in [-0.3, -0.25) is 0 Å². The van der Waals surface area contributed by atoms with Crippen molar-refractivity contribution in [2.45, 2.75) is 18.4 Å². The number of aliphatic carboxylic acids is 1. The second kappa shape index (κ2) is 8.26. The van der Waals surface area contributed by atoms with Crippen LogP contribution in [0.25, 0.3) is 11.1 Å². The molecule has 162 valence electrons. The summed E-state index contributed by atoms with van der Waals surface area (Å²) in [6.07, 6.45) is -0.670. The van der Waals surface area contributed by atoms with Crippen molar-refractivity contribution in [1.82, 2.24) is 5.32 Å². The number of carbonyl (C=O) groups is 2. The Bertz CT molecular complexity index is 1150. The molecular weight excluding hydrogens is 410 g/mol. The van der Waals surface area contributed by atoms with Crippen LogP contribution in [0.1, 0.15) is 22.6 Å². The van der Waals surface area contributed by atoms with Crippen LogP contribution in [0.4, 0.5) is 4.79 Å². The third-order valence-corrected chi connectivity index (χ3v) is 5.81. The highest BCUT2D eigenvalue weighted by Crippen LogP contribution is 2.44. The number of nitrogens with one attached hydrogen (secondary N) is 1. The van der Waals surface area contributed by atoms with Crippen LogP contribution in [-0.4, -0.2) is 36.6 Å². The lowest BCUT2D eigenvalue weighted by Gasteiger charge is -2.17. The first-order valence-corrected chi connectivity index (χ1v) is 10.3. The molecule has 5 rings (SSSR count). The summed E-state index contributed by atoms with van der Waals surface area (Å²) >= 11 is 0. The van der Waals surface area contributed by atoms with Gasteiger partial charge in [0.15, 0.2) is 11.5 Å². The monoisotopic (exact) mass is 431 g/mol. The molecule has 1 heterocycles. The van der Waals surface area contributed by atoms with Crippen LogP contribution >= 0.6 is 0 Å². The Labute approximate surface area is 184 Å². The van der Waals surface area contributed by atoms with Gasteiger partial charge in [0.25, 0.3) is 0 Å². The molecule has 3 aromatic rings. The molecule has 0 fully saturated rings. The molecule has 7 nitrogen and oxygen atoms in total. The zero-order chi connectivity index (χ0) is 22.1. The Morgan fingerprint density at radius 2 is 1.62 bits per heavy atom. The Kier molecular flexibility index (Phi) is 5.15. The van der Waals surface area contributed by atoms with Crippen molar-refractivity contribution in [2.75, 3.05) is 13.4 Å². The number of hydrogen-bond donors (Lipinski definition) is 2. The zero-order valence-corrected chi connectivity index (χ0v) is 17.1. The van der Waals surface area contributed by atoms with Crippen molar-refractivity contribution in [3.63, 3.8) is 0 Å².